The first kappa shape index (κ1) is 23.6. The Hall–Kier alpha value is -3.12. The summed E-state index contributed by atoms with van der Waals surface area (Å²) in [6, 6.07) is 6.03. The maximum atomic E-state index is 13.1. The number of piperidine rings is 1. The lowest BCUT2D eigenvalue weighted by atomic mass is 9.98. The third kappa shape index (κ3) is 5.43. The quantitative estimate of drug-likeness (QED) is 0.559. The van der Waals surface area contributed by atoms with E-state index < -0.39 is 0 Å². The number of rotatable bonds is 5. The number of carbonyl (C=O) groups excluding carboxylic acids is 2. The molecule has 2 aliphatic rings. The van der Waals surface area contributed by atoms with Crippen molar-refractivity contribution in [3.05, 3.63) is 45.5 Å². The van der Waals surface area contributed by atoms with Crippen LogP contribution in [0.15, 0.2) is 29.8 Å². The van der Waals surface area contributed by atoms with Crippen LogP contribution in [0.25, 0.3) is 0 Å². The lowest BCUT2D eigenvalue weighted by Gasteiger charge is -2.39. The number of piperazine rings is 1. The molecule has 3 aromatic heterocycles. The van der Waals surface area contributed by atoms with Crippen LogP contribution >= 0.6 is 22.7 Å². The van der Waals surface area contributed by atoms with E-state index in [9.17, 15) is 9.59 Å². The van der Waals surface area contributed by atoms with Crippen LogP contribution in [0.1, 0.15) is 46.2 Å². The van der Waals surface area contributed by atoms with Crippen molar-refractivity contribution in [2.24, 2.45) is 0 Å². The SMILES string of the molecule is CCc1nnc(NC(=O)c2csc(C3CCN(C(=O)N4CCN(c5ccccn5)CC4)CC3)n2)s1. The molecule has 5 heterocycles. The van der Waals surface area contributed by atoms with Crippen LogP contribution in [0.4, 0.5) is 15.7 Å². The minimum absolute atomic E-state index is 0.117. The van der Waals surface area contributed by atoms with E-state index in [1.807, 2.05) is 34.9 Å². The van der Waals surface area contributed by atoms with Gasteiger partial charge in [-0.1, -0.05) is 24.3 Å². The highest BCUT2D eigenvalue weighted by atomic mass is 32.1. The minimum Gasteiger partial charge on any atom is -0.353 e. The molecule has 184 valence electrons. The van der Waals surface area contributed by atoms with Crippen molar-refractivity contribution in [3.63, 3.8) is 0 Å². The maximum Gasteiger partial charge on any atom is 0.320 e. The maximum absolute atomic E-state index is 13.1. The van der Waals surface area contributed by atoms with Gasteiger partial charge in [-0.3, -0.25) is 10.1 Å². The molecule has 35 heavy (non-hydrogen) atoms. The first-order valence-electron chi connectivity index (χ1n) is 11.9. The molecule has 0 aromatic carbocycles. The van der Waals surface area contributed by atoms with Crippen molar-refractivity contribution in [1.29, 1.82) is 0 Å². The van der Waals surface area contributed by atoms with E-state index in [0.717, 1.165) is 48.2 Å². The molecule has 3 aromatic rings. The molecule has 0 saturated carbocycles. The largest absolute Gasteiger partial charge is 0.353 e. The first-order valence-corrected chi connectivity index (χ1v) is 13.6. The summed E-state index contributed by atoms with van der Waals surface area (Å²) in [5.41, 5.74) is 0.405. The van der Waals surface area contributed by atoms with Gasteiger partial charge in [0.2, 0.25) is 5.13 Å². The standard InChI is InChI=1S/C23H28N8O2S2/c1-2-19-27-28-22(35-19)26-20(32)17-15-34-21(25-17)16-6-9-30(10-7-16)23(33)31-13-11-29(12-14-31)18-5-3-4-8-24-18/h3-5,8,15-16H,2,6-7,9-14H2,1H3,(H,26,28,32). The van der Waals surface area contributed by atoms with E-state index >= 15 is 0 Å². The van der Waals surface area contributed by atoms with Crippen molar-refractivity contribution >= 4 is 45.6 Å². The average molecular weight is 513 g/mol. The number of pyridine rings is 1. The lowest BCUT2D eigenvalue weighted by molar-refractivity contribution is 0.102. The molecule has 0 radical (unpaired) electrons. The van der Waals surface area contributed by atoms with Crippen molar-refractivity contribution in [3.8, 4) is 0 Å². The van der Waals surface area contributed by atoms with Crippen molar-refractivity contribution in [2.45, 2.75) is 32.1 Å². The number of likely N-dealkylation sites (tertiary alicyclic amines) is 1. The fraction of sp³-hybridized carbons (Fsp3) is 0.478. The number of aromatic nitrogens is 4. The van der Waals surface area contributed by atoms with Crippen molar-refractivity contribution in [2.75, 3.05) is 49.5 Å². The van der Waals surface area contributed by atoms with E-state index in [4.69, 9.17) is 0 Å². The molecule has 0 aliphatic carbocycles. The predicted molar refractivity (Wildman–Crippen MR) is 136 cm³/mol. The fourth-order valence-electron chi connectivity index (χ4n) is 4.37. The number of hydrogen-bond donors (Lipinski definition) is 1. The number of amides is 3. The highest BCUT2D eigenvalue weighted by Crippen LogP contribution is 2.31. The lowest BCUT2D eigenvalue weighted by Crippen LogP contribution is -2.54. The second kappa shape index (κ2) is 10.6. The third-order valence-corrected chi connectivity index (χ3v) is 8.37. The molecular formula is C23H28N8O2S2. The molecule has 3 amide bonds. The summed E-state index contributed by atoms with van der Waals surface area (Å²) >= 11 is 2.89. The second-order valence-electron chi connectivity index (χ2n) is 8.59. The number of carbonyl (C=O) groups is 2. The van der Waals surface area contributed by atoms with Gasteiger partial charge in [0.15, 0.2) is 0 Å². The Morgan fingerprint density at radius 3 is 2.51 bits per heavy atom. The Labute approximate surface area is 212 Å². The summed E-state index contributed by atoms with van der Waals surface area (Å²) in [5.74, 6) is 0.967. The van der Waals surface area contributed by atoms with E-state index in [0.29, 0.717) is 37.0 Å². The van der Waals surface area contributed by atoms with Gasteiger partial charge in [-0.05, 0) is 31.4 Å². The molecule has 0 spiro atoms. The van der Waals surface area contributed by atoms with Gasteiger partial charge in [-0.25, -0.2) is 14.8 Å². The second-order valence-corrected chi connectivity index (χ2v) is 10.5. The van der Waals surface area contributed by atoms with E-state index in [1.54, 1.807) is 11.6 Å². The zero-order chi connectivity index (χ0) is 24.2. The molecule has 5 rings (SSSR count). The molecular weight excluding hydrogens is 484 g/mol. The summed E-state index contributed by atoms with van der Waals surface area (Å²) in [5, 5.41) is 14.9. The summed E-state index contributed by atoms with van der Waals surface area (Å²) in [6.45, 7) is 6.40. The van der Waals surface area contributed by atoms with Gasteiger partial charge >= 0.3 is 6.03 Å². The summed E-state index contributed by atoms with van der Waals surface area (Å²) in [4.78, 5) is 40.7. The highest BCUT2D eigenvalue weighted by molar-refractivity contribution is 7.15. The molecule has 10 nitrogen and oxygen atoms in total. The number of nitrogens with zero attached hydrogens (tertiary/aromatic N) is 7. The van der Waals surface area contributed by atoms with Crippen LogP contribution in [0.5, 0.6) is 0 Å². The fourth-order valence-corrected chi connectivity index (χ4v) is 6.02. The Kier molecular flexibility index (Phi) is 7.19. The first-order chi connectivity index (χ1) is 17.1. The molecule has 2 aliphatic heterocycles. The van der Waals surface area contributed by atoms with Crippen LogP contribution in [0.2, 0.25) is 0 Å². The smallest absolute Gasteiger partial charge is 0.320 e. The zero-order valence-electron chi connectivity index (χ0n) is 19.6. The Morgan fingerprint density at radius 1 is 1.06 bits per heavy atom. The Balaban J connectivity index is 1.10. The van der Waals surface area contributed by atoms with E-state index in [1.165, 1.54) is 22.7 Å². The normalized spacial score (nSPS) is 17.0. The molecule has 0 unspecified atom stereocenters. The molecule has 0 atom stereocenters. The van der Waals surface area contributed by atoms with Crippen molar-refractivity contribution in [1.82, 2.24) is 30.0 Å². The van der Waals surface area contributed by atoms with Crippen LogP contribution in [-0.4, -0.2) is 81.2 Å². The molecule has 2 saturated heterocycles. The molecule has 0 bridgehead atoms. The topological polar surface area (TPSA) is 107 Å². The van der Waals surface area contributed by atoms with Gasteiger partial charge < -0.3 is 14.7 Å². The van der Waals surface area contributed by atoms with Gasteiger partial charge in [-0.15, -0.1) is 21.5 Å². The van der Waals surface area contributed by atoms with Gasteiger partial charge in [0.25, 0.3) is 5.91 Å². The van der Waals surface area contributed by atoms with Gasteiger partial charge in [0, 0.05) is 56.8 Å². The molecule has 1 N–H and O–H groups in total. The summed E-state index contributed by atoms with van der Waals surface area (Å²) in [7, 11) is 0. The van der Waals surface area contributed by atoms with Crippen LogP contribution in [-0.2, 0) is 6.42 Å². The number of nitrogens with one attached hydrogen (secondary N) is 1. The van der Waals surface area contributed by atoms with Crippen LogP contribution in [0.3, 0.4) is 0 Å². The van der Waals surface area contributed by atoms with Crippen LogP contribution in [0, 0.1) is 0 Å². The van der Waals surface area contributed by atoms with E-state index in [2.05, 4.69) is 30.4 Å². The van der Waals surface area contributed by atoms with Crippen LogP contribution < -0.4 is 10.2 Å². The van der Waals surface area contributed by atoms with E-state index in [-0.39, 0.29) is 17.9 Å². The summed E-state index contributed by atoms with van der Waals surface area (Å²) in [6.07, 6.45) is 4.29. The van der Waals surface area contributed by atoms with Gasteiger partial charge in [-0.2, -0.15) is 0 Å². The third-order valence-electron chi connectivity index (χ3n) is 6.38. The van der Waals surface area contributed by atoms with Gasteiger partial charge in [0.1, 0.15) is 16.5 Å². The Bertz CT molecular complexity index is 1150. The number of hydrogen-bond acceptors (Lipinski definition) is 9. The monoisotopic (exact) mass is 512 g/mol. The number of thiazole rings is 1. The number of urea groups is 1. The predicted octanol–water partition coefficient (Wildman–Crippen LogP) is 3.33. The zero-order valence-corrected chi connectivity index (χ0v) is 21.2. The number of anilines is 2. The number of aryl methyl sites for hydroxylation is 1. The average Bonchev–Trinajstić information content (AvgIpc) is 3.59. The molecule has 2 fully saturated rings. The summed E-state index contributed by atoms with van der Waals surface area (Å²) < 4.78 is 0. The Morgan fingerprint density at radius 2 is 1.83 bits per heavy atom. The minimum atomic E-state index is -0.260. The highest BCUT2D eigenvalue weighted by Gasteiger charge is 2.30. The van der Waals surface area contributed by atoms with Gasteiger partial charge in [0.05, 0.1) is 5.01 Å². The molecule has 12 heteroatoms. The van der Waals surface area contributed by atoms with Crippen molar-refractivity contribution < 1.29 is 9.59 Å².